The highest BCUT2D eigenvalue weighted by molar-refractivity contribution is 8.01. The average molecular weight is 541 g/mol. The van der Waals surface area contributed by atoms with Crippen molar-refractivity contribution in [1.29, 1.82) is 0 Å². The molecule has 0 fully saturated rings. The van der Waals surface area contributed by atoms with Crippen LogP contribution in [0.4, 0.5) is 0 Å². The lowest BCUT2D eigenvalue weighted by molar-refractivity contribution is -0.114. The van der Waals surface area contributed by atoms with Crippen LogP contribution >= 0.6 is 23.5 Å². The zero-order chi connectivity index (χ0) is 25.7. The zero-order valence-corrected chi connectivity index (χ0v) is 21.5. The van der Waals surface area contributed by atoms with E-state index < -0.39 is 0 Å². The van der Waals surface area contributed by atoms with Gasteiger partial charge in [0.05, 0.1) is 24.0 Å². The van der Waals surface area contributed by atoms with Crippen molar-refractivity contribution in [3.05, 3.63) is 97.5 Å². The van der Waals surface area contributed by atoms with Crippen LogP contribution < -0.4 is 0 Å². The SMILES string of the molecule is O=C(CSc1nnc(-c2ccco2)n1-c1ccccc1)CSc1nnc(-c2ccco2)n1-c1ccccc1. The van der Waals surface area contributed by atoms with Gasteiger partial charge >= 0.3 is 0 Å². The summed E-state index contributed by atoms with van der Waals surface area (Å²) in [5.74, 6) is 2.83. The molecule has 9 nitrogen and oxygen atoms in total. The molecule has 0 saturated heterocycles. The summed E-state index contributed by atoms with van der Waals surface area (Å²) in [4.78, 5) is 13.0. The predicted molar refractivity (Wildman–Crippen MR) is 145 cm³/mol. The van der Waals surface area contributed by atoms with Crippen LogP contribution in [-0.4, -0.2) is 46.8 Å². The summed E-state index contributed by atoms with van der Waals surface area (Å²) in [7, 11) is 0. The first kappa shape index (κ1) is 24.0. The smallest absolute Gasteiger partial charge is 0.205 e. The van der Waals surface area contributed by atoms with E-state index >= 15 is 0 Å². The van der Waals surface area contributed by atoms with Gasteiger partial charge in [0, 0.05) is 11.4 Å². The Hall–Kier alpha value is -4.35. The predicted octanol–water partition coefficient (Wildman–Crippen LogP) is 5.82. The third-order valence-corrected chi connectivity index (χ3v) is 7.48. The number of ketones is 1. The lowest BCUT2D eigenvalue weighted by atomic mass is 10.3. The standard InChI is InChI=1S/C27H20N6O3S2/c34-21(17-37-26-30-28-24(22-13-7-15-35-22)32(26)19-9-3-1-4-10-19)18-38-27-31-29-25(23-14-8-16-36-23)33(27)20-11-5-2-6-12-20/h1-16H,17-18H2. The number of carbonyl (C=O) groups is 1. The lowest BCUT2D eigenvalue weighted by Gasteiger charge is -2.09. The van der Waals surface area contributed by atoms with Gasteiger partial charge in [-0.3, -0.25) is 13.9 Å². The van der Waals surface area contributed by atoms with Gasteiger partial charge in [0.25, 0.3) is 0 Å². The fourth-order valence-corrected chi connectivity index (χ4v) is 5.56. The Morgan fingerprint density at radius 2 is 1.05 bits per heavy atom. The maximum absolute atomic E-state index is 13.0. The molecule has 0 aliphatic heterocycles. The number of para-hydroxylation sites is 2. The van der Waals surface area contributed by atoms with E-state index in [9.17, 15) is 4.79 Å². The van der Waals surface area contributed by atoms with Crippen LogP contribution in [0.2, 0.25) is 0 Å². The van der Waals surface area contributed by atoms with E-state index in [4.69, 9.17) is 8.83 Å². The molecule has 0 radical (unpaired) electrons. The largest absolute Gasteiger partial charge is 0.461 e. The molecule has 4 heterocycles. The quantitative estimate of drug-likeness (QED) is 0.199. The summed E-state index contributed by atoms with van der Waals surface area (Å²) in [6.07, 6.45) is 3.19. The highest BCUT2D eigenvalue weighted by atomic mass is 32.2. The first-order valence-electron chi connectivity index (χ1n) is 11.6. The zero-order valence-electron chi connectivity index (χ0n) is 19.9. The van der Waals surface area contributed by atoms with E-state index in [1.54, 1.807) is 24.7 Å². The highest BCUT2D eigenvalue weighted by Crippen LogP contribution is 2.30. The minimum absolute atomic E-state index is 0.0318. The number of furan rings is 2. The summed E-state index contributed by atoms with van der Waals surface area (Å²) in [5.41, 5.74) is 1.77. The van der Waals surface area contributed by atoms with E-state index in [0.717, 1.165) is 11.4 Å². The molecule has 188 valence electrons. The summed E-state index contributed by atoms with van der Waals surface area (Å²) in [6.45, 7) is 0. The van der Waals surface area contributed by atoms with Gasteiger partial charge < -0.3 is 8.83 Å². The number of benzene rings is 2. The van der Waals surface area contributed by atoms with Crippen LogP contribution in [0.15, 0.2) is 117 Å². The second-order valence-electron chi connectivity index (χ2n) is 8.02. The van der Waals surface area contributed by atoms with Crippen molar-refractivity contribution in [1.82, 2.24) is 29.5 Å². The molecule has 11 heteroatoms. The number of Topliss-reactive ketones (excluding diaryl/α,β-unsaturated/α-hetero) is 1. The number of rotatable bonds is 10. The number of hydrogen-bond donors (Lipinski definition) is 0. The third kappa shape index (κ3) is 4.93. The molecule has 0 unspecified atom stereocenters. The second-order valence-corrected chi connectivity index (χ2v) is 9.91. The van der Waals surface area contributed by atoms with Gasteiger partial charge in [-0.05, 0) is 48.5 Å². The van der Waals surface area contributed by atoms with Gasteiger partial charge in [-0.1, -0.05) is 59.9 Å². The number of thioether (sulfide) groups is 2. The van der Waals surface area contributed by atoms with Crippen molar-refractivity contribution < 1.29 is 13.6 Å². The van der Waals surface area contributed by atoms with Crippen molar-refractivity contribution in [3.8, 4) is 34.5 Å². The maximum Gasteiger partial charge on any atom is 0.205 e. The second kappa shape index (κ2) is 11.0. The molecule has 38 heavy (non-hydrogen) atoms. The fraction of sp³-hybridized carbons (Fsp3) is 0.0741. The maximum atomic E-state index is 13.0. The Morgan fingerprint density at radius 1 is 0.605 bits per heavy atom. The van der Waals surface area contributed by atoms with Gasteiger partial charge in [0.1, 0.15) is 0 Å². The molecule has 0 aliphatic carbocycles. The third-order valence-electron chi connectivity index (χ3n) is 5.50. The van der Waals surface area contributed by atoms with E-state index in [1.807, 2.05) is 81.9 Å². The molecule has 6 rings (SSSR count). The van der Waals surface area contributed by atoms with Crippen molar-refractivity contribution in [2.24, 2.45) is 0 Å². The van der Waals surface area contributed by atoms with Gasteiger partial charge in [-0.25, -0.2) is 0 Å². The van der Waals surface area contributed by atoms with E-state index in [-0.39, 0.29) is 17.3 Å². The van der Waals surface area contributed by atoms with Crippen molar-refractivity contribution in [2.75, 3.05) is 11.5 Å². The minimum Gasteiger partial charge on any atom is -0.461 e. The monoisotopic (exact) mass is 540 g/mol. The van der Waals surface area contributed by atoms with Gasteiger partial charge in [-0.15, -0.1) is 20.4 Å². The summed E-state index contributed by atoms with van der Waals surface area (Å²) in [6, 6.07) is 26.8. The van der Waals surface area contributed by atoms with Crippen LogP contribution in [0.5, 0.6) is 0 Å². The van der Waals surface area contributed by atoms with Crippen molar-refractivity contribution in [3.63, 3.8) is 0 Å². The Morgan fingerprint density at radius 3 is 1.45 bits per heavy atom. The Labute approximate surface area is 225 Å². The normalized spacial score (nSPS) is 11.2. The Kier molecular flexibility index (Phi) is 6.92. The molecular weight excluding hydrogens is 520 g/mol. The molecule has 4 aromatic heterocycles. The first-order chi connectivity index (χ1) is 18.8. The van der Waals surface area contributed by atoms with E-state index in [2.05, 4.69) is 20.4 Å². The molecule has 0 aliphatic rings. The molecule has 0 spiro atoms. The van der Waals surface area contributed by atoms with Crippen LogP contribution in [-0.2, 0) is 4.79 Å². The molecule has 0 atom stereocenters. The summed E-state index contributed by atoms with van der Waals surface area (Å²) in [5, 5.41) is 18.6. The van der Waals surface area contributed by atoms with Gasteiger partial charge in [-0.2, -0.15) is 0 Å². The van der Waals surface area contributed by atoms with Crippen LogP contribution in [0.25, 0.3) is 34.5 Å². The first-order valence-corrected chi connectivity index (χ1v) is 13.6. The van der Waals surface area contributed by atoms with Crippen LogP contribution in [0.3, 0.4) is 0 Å². The summed E-state index contributed by atoms with van der Waals surface area (Å²) < 4.78 is 14.9. The van der Waals surface area contributed by atoms with Gasteiger partial charge in [0.2, 0.25) is 11.6 Å². The topological polar surface area (TPSA) is 105 Å². The Balaban J connectivity index is 1.19. The number of carbonyl (C=O) groups excluding carboxylic acids is 1. The molecule has 2 aromatic carbocycles. The number of aromatic nitrogens is 6. The molecular formula is C27H20N6O3S2. The highest BCUT2D eigenvalue weighted by Gasteiger charge is 2.21. The minimum atomic E-state index is 0.0318. The van der Waals surface area contributed by atoms with E-state index in [0.29, 0.717) is 33.5 Å². The average Bonchev–Trinajstić information content (AvgIpc) is 3.78. The number of nitrogens with zero attached hydrogens (tertiary/aromatic N) is 6. The van der Waals surface area contributed by atoms with E-state index in [1.165, 1.54) is 23.5 Å². The van der Waals surface area contributed by atoms with Gasteiger partial charge in [0.15, 0.2) is 27.6 Å². The Bertz CT molecular complexity index is 1510. The molecule has 0 saturated carbocycles. The van der Waals surface area contributed by atoms with Crippen molar-refractivity contribution in [2.45, 2.75) is 10.3 Å². The molecule has 0 amide bonds. The van der Waals surface area contributed by atoms with Crippen molar-refractivity contribution >= 4 is 29.3 Å². The summed E-state index contributed by atoms with van der Waals surface area (Å²) >= 11 is 2.67. The molecule has 0 N–H and O–H groups in total. The van der Waals surface area contributed by atoms with Crippen LogP contribution in [0, 0.1) is 0 Å². The molecule has 0 bridgehead atoms. The lowest BCUT2D eigenvalue weighted by Crippen LogP contribution is -2.08. The van der Waals surface area contributed by atoms with Crippen LogP contribution in [0.1, 0.15) is 0 Å². The fourth-order valence-electron chi connectivity index (χ4n) is 3.81. The molecule has 6 aromatic rings. The number of hydrogen-bond acceptors (Lipinski definition) is 9.